The van der Waals surface area contributed by atoms with Gasteiger partial charge in [-0.3, -0.25) is 20.0 Å². The second kappa shape index (κ2) is 20.9. The molecule has 3 aromatic rings. The van der Waals surface area contributed by atoms with Gasteiger partial charge in [0.1, 0.15) is 0 Å². The highest BCUT2D eigenvalue weighted by Crippen LogP contribution is 2.13. The minimum Gasteiger partial charge on any atom is -0.317 e. The van der Waals surface area contributed by atoms with E-state index in [-0.39, 0.29) is 0 Å². The third kappa shape index (κ3) is 13.1. The van der Waals surface area contributed by atoms with Crippen LogP contribution in [0.5, 0.6) is 0 Å². The number of nitrogens with zero attached hydrogens (tertiary/aromatic N) is 2. The van der Waals surface area contributed by atoms with Crippen molar-refractivity contribution in [1.29, 1.82) is 0 Å². The second-order valence-electron chi connectivity index (χ2n) is 11.1. The molecule has 1 saturated heterocycles. The number of aromatic amines is 1. The molecule has 0 bridgehead atoms. The van der Waals surface area contributed by atoms with Gasteiger partial charge in [-0.25, -0.2) is 0 Å². The second-order valence-corrected chi connectivity index (χ2v) is 11.1. The Morgan fingerprint density at radius 1 is 0.977 bits per heavy atom. The quantitative estimate of drug-likeness (QED) is 0.0887. The Labute approximate surface area is 260 Å². The lowest BCUT2D eigenvalue weighted by atomic mass is 10.1. The van der Waals surface area contributed by atoms with Gasteiger partial charge < -0.3 is 16.0 Å². The van der Waals surface area contributed by atoms with Gasteiger partial charge in [0.15, 0.2) is 0 Å². The lowest BCUT2D eigenvalue weighted by molar-refractivity contribution is 0.256. The van der Waals surface area contributed by atoms with Crippen LogP contribution in [0, 0.1) is 0 Å². The smallest absolute Gasteiger partial charge is 0.0892 e. The Bertz CT molecular complexity index is 1200. The van der Waals surface area contributed by atoms with E-state index >= 15 is 0 Å². The molecule has 1 aliphatic heterocycles. The van der Waals surface area contributed by atoms with Crippen LogP contribution in [0.2, 0.25) is 0 Å². The average molecular weight is 588 g/mol. The van der Waals surface area contributed by atoms with Crippen LogP contribution < -0.4 is 21.3 Å². The maximum atomic E-state index is 4.19. The predicted octanol–water partition coefficient (Wildman–Crippen LogP) is 5.94. The van der Waals surface area contributed by atoms with Crippen LogP contribution in [-0.4, -0.2) is 66.5 Å². The lowest BCUT2D eigenvalue weighted by Crippen LogP contribution is -2.43. The van der Waals surface area contributed by atoms with E-state index in [0.29, 0.717) is 6.04 Å². The number of rotatable bonds is 19. The van der Waals surface area contributed by atoms with Crippen molar-refractivity contribution in [2.45, 2.75) is 72.3 Å². The zero-order valence-corrected chi connectivity index (χ0v) is 27.0. The number of allylic oxidation sites excluding steroid dienone is 3. The monoisotopic (exact) mass is 587 g/mol. The van der Waals surface area contributed by atoms with Crippen LogP contribution in [0.15, 0.2) is 85.0 Å². The first-order chi connectivity index (χ1) is 21.2. The van der Waals surface area contributed by atoms with Crippen LogP contribution in [0.4, 0.5) is 0 Å². The molecular weight excluding hydrogens is 530 g/mol. The van der Waals surface area contributed by atoms with Crippen LogP contribution >= 0.6 is 0 Å². The Morgan fingerprint density at radius 3 is 2.49 bits per heavy atom. The highest BCUT2D eigenvalue weighted by atomic mass is 15.4. The predicted molar refractivity (Wildman–Crippen MR) is 185 cm³/mol. The van der Waals surface area contributed by atoms with Crippen molar-refractivity contribution < 1.29 is 0 Å². The van der Waals surface area contributed by atoms with Crippen molar-refractivity contribution in [1.82, 2.24) is 35.9 Å². The van der Waals surface area contributed by atoms with Crippen molar-refractivity contribution in [2.24, 2.45) is 0 Å². The molecular formula is C36H57N7. The van der Waals surface area contributed by atoms with Crippen molar-refractivity contribution in [3.63, 3.8) is 0 Å². The number of hydrogen-bond donors (Lipinski definition) is 5. The van der Waals surface area contributed by atoms with E-state index in [4.69, 9.17) is 0 Å². The zero-order valence-electron chi connectivity index (χ0n) is 27.0. The van der Waals surface area contributed by atoms with E-state index in [0.717, 1.165) is 77.6 Å². The van der Waals surface area contributed by atoms with E-state index < -0.39 is 0 Å². The summed E-state index contributed by atoms with van der Waals surface area (Å²) in [6.07, 6.45) is 13.3. The summed E-state index contributed by atoms with van der Waals surface area (Å²) >= 11 is 0. The van der Waals surface area contributed by atoms with Crippen LogP contribution in [-0.2, 0) is 19.8 Å². The number of para-hydroxylation sites is 2. The number of fused-ring (bicyclic) bond motifs is 1. The van der Waals surface area contributed by atoms with Crippen LogP contribution in [0.25, 0.3) is 11.0 Å². The minimum absolute atomic E-state index is 0.643. The summed E-state index contributed by atoms with van der Waals surface area (Å²) in [6.45, 7) is 20.1. The fraction of sp³-hybridized carbons (Fsp3) is 0.500. The van der Waals surface area contributed by atoms with Crippen molar-refractivity contribution in [2.75, 3.05) is 45.8 Å². The van der Waals surface area contributed by atoms with Gasteiger partial charge >= 0.3 is 0 Å². The number of hydrogen-bond acceptors (Lipinski definition) is 5. The summed E-state index contributed by atoms with van der Waals surface area (Å²) in [5, 5.41) is 17.7. The van der Waals surface area contributed by atoms with Gasteiger partial charge in [-0.1, -0.05) is 94.5 Å². The molecule has 0 amide bonds. The summed E-state index contributed by atoms with van der Waals surface area (Å²) in [7, 11) is 0. The fourth-order valence-corrected chi connectivity index (χ4v) is 5.21. The molecule has 0 spiro atoms. The maximum absolute atomic E-state index is 4.19. The molecule has 2 aromatic carbocycles. The number of nitrogens with one attached hydrogen (secondary N) is 5. The molecule has 0 aliphatic carbocycles. The van der Waals surface area contributed by atoms with E-state index in [1.807, 2.05) is 13.8 Å². The van der Waals surface area contributed by atoms with Gasteiger partial charge in [-0.05, 0) is 61.2 Å². The summed E-state index contributed by atoms with van der Waals surface area (Å²) in [5.74, 6) is 0. The third-order valence-corrected chi connectivity index (χ3v) is 7.67. The molecule has 7 heteroatoms. The number of piperidine rings is 1. The van der Waals surface area contributed by atoms with Gasteiger partial charge in [0, 0.05) is 51.9 Å². The van der Waals surface area contributed by atoms with Gasteiger partial charge in [0.2, 0.25) is 0 Å². The highest BCUT2D eigenvalue weighted by molar-refractivity contribution is 5.76. The Balaban J connectivity index is 0.00000248. The minimum atomic E-state index is 0.643. The summed E-state index contributed by atoms with van der Waals surface area (Å²) in [5.41, 5.74) is 6.23. The molecule has 0 radical (unpaired) electrons. The van der Waals surface area contributed by atoms with Crippen LogP contribution in [0.1, 0.15) is 57.6 Å². The van der Waals surface area contributed by atoms with Gasteiger partial charge in [0.05, 0.1) is 17.7 Å². The molecule has 43 heavy (non-hydrogen) atoms. The molecule has 1 fully saturated rings. The molecule has 2 heterocycles. The Hall–Kier alpha value is -2.94. The Kier molecular flexibility index (Phi) is 16.8. The maximum Gasteiger partial charge on any atom is 0.0892 e. The number of H-pyrrole nitrogens is 1. The summed E-state index contributed by atoms with van der Waals surface area (Å²) in [4.78, 5) is 2.56. The molecule has 0 unspecified atom stereocenters. The number of aromatic nitrogens is 2. The Morgan fingerprint density at radius 2 is 1.72 bits per heavy atom. The first kappa shape index (κ1) is 34.5. The topological polar surface area (TPSA) is 72.1 Å². The molecule has 236 valence electrons. The fourth-order valence-electron chi connectivity index (χ4n) is 5.21. The molecule has 7 nitrogen and oxygen atoms in total. The molecule has 1 aromatic heterocycles. The normalized spacial score (nSPS) is 14.2. The number of benzene rings is 2. The van der Waals surface area contributed by atoms with Gasteiger partial charge in [0.25, 0.3) is 0 Å². The van der Waals surface area contributed by atoms with E-state index in [1.54, 1.807) is 0 Å². The van der Waals surface area contributed by atoms with Crippen molar-refractivity contribution >= 4 is 11.0 Å². The first-order valence-electron chi connectivity index (χ1n) is 16.5. The average Bonchev–Trinajstić information content (AvgIpc) is 3.03. The molecule has 4 rings (SSSR count). The van der Waals surface area contributed by atoms with E-state index in [1.165, 1.54) is 41.4 Å². The van der Waals surface area contributed by atoms with Gasteiger partial charge in [-0.15, -0.1) is 0 Å². The van der Waals surface area contributed by atoms with E-state index in [2.05, 4.69) is 122 Å². The van der Waals surface area contributed by atoms with E-state index in [9.17, 15) is 0 Å². The molecule has 5 N–H and O–H groups in total. The molecule has 1 aliphatic rings. The number of unbranched alkanes of at least 4 members (excludes halogenated alkanes) is 1. The standard InChI is InChI=1S/C34H51N7.C2H6/c1-3-4-5-6-7-10-29(2)25-36-21-23-40(24-22-38-32-17-19-35-20-18-32)27-31-15-13-30(14-16-31)26-37-28-41-34-12-9-8-11-33(34)39-41;1-2/h5-16,32,35-39H,2-4,17-28H2,1H3;1-2H3/b6-5-,10-7-;. The van der Waals surface area contributed by atoms with Crippen LogP contribution in [0.3, 0.4) is 0 Å². The molecule has 0 atom stereocenters. The van der Waals surface area contributed by atoms with Crippen molar-refractivity contribution in [3.05, 3.63) is 96.1 Å². The largest absolute Gasteiger partial charge is 0.317 e. The third-order valence-electron chi connectivity index (χ3n) is 7.67. The summed E-state index contributed by atoms with van der Waals surface area (Å²) in [6, 6.07) is 18.1. The lowest BCUT2D eigenvalue weighted by Gasteiger charge is -2.27. The van der Waals surface area contributed by atoms with Gasteiger partial charge in [-0.2, -0.15) is 0 Å². The zero-order chi connectivity index (χ0) is 30.5. The molecule has 0 saturated carbocycles. The highest BCUT2D eigenvalue weighted by Gasteiger charge is 2.13. The summed E-state index contributed by atoms with van der Waals surface area (Å²) < 4.78 is 2.14. The van der Waals surface area contributed by atoms with Crippen molar-refractivity contribution in [3.8, 4) is 0 Å². The SMILES string of the molecule is C=C(/C=C\C=C/CCC)CNCCN(CCNC1CCNCC1)Cc1ccc(CNCn2[nH]c3ccccc32)cc1.CC. The first-order valence-corrected chi connectivity index (χ1v) is 16.5.